The Hall–Kier alpha value is -0.460. The Bertz CT molecular complexity index is 442. The van der Waals surface area contributed by atoms with Crippen LogP contribution in [0.3, 0.4) is 0 Å². The molecule has 0 bridgehead atoms. The maximum absolute atomic E-state index is 11.5. The molecular formula is C9H14ClN3OS2. The zero-order chi connectivity index (χ0) is 12.5. The lowest BCUT2D eigenvalue weighted by atomic mass is 10.1. The highest BCUT2D eigenvalue weighted by Gasteiger charge is 2.29. The van der Waals surface area contributed by atoms with Gasteiger partial charge in [0.05, 0.1) is 15.5 Å². The molecule has 0 aliphatic rings. The molecule has 1 rings (SSSR count). The summed E-state index contributed by atoms with van der Waals surface area (Å²) in [4.78, 5) is 11.5. The van der Waals surface area contributed by atoms with Crippen molar-refractivity contribution in [3.63, 3.8) is 0 Å². The van der Waals surface area contributed by atoms with Crippen molar-refractivity contribution < 1.29 is 4.79 Å². The van der Waals surface area contributed by atoms with Crippen LogP contribution in [0.15, 0.2) is 0 Å². The highest BCUT2D eigenvalue weighted by molar-refractivity contribution is 8.18. The van der Waals surface area contributed by atoms with Gasteiger partial charge in [0.25, 0.3) is 5.91 Å². The predicted molar refractivity (Wildman–Crippen MR) is 70.8 cm³/mol. The maximum Gasteiger partial charge on any atom is 0.273 e. The Balaban J connectivity index is 3.38. The molecular weight excluding hydrogens is 266 g/mol. The fourth-order valence-electron chi connectivity index (χ4n) is 1.47. The van der Waals surface area contributed by atoms with E-state index in [-0.39, 0.29) is 16.3 Å². The van der Waals surface area contributed by atoms with Crippen molar-refractivity contribution in [3.05, 3.63) is 16.4 Å². The minimum Gasteiger partial charge on any atom is -0.354 e. The number of nitrogens with one attached hydrogen (secondary N) is 1. The lowest BCUT2D eigenvalue weighted by Crippen LogP contribution is -2.20. The van der Waals surface area contributed by atoms with Gasteiger partial charge in [0.1, 0.15) is 0 Å². The van der Waals surface area contributed by atoms with Gasteiger partial charge in [-0.1, -0.05) is 22.8 Å². The summed E-state index contributed by atoms with van der Waals surface area (Å²) in [5.74, 6) is -0.288. The van der Waals surface area contributed by atoms with E-state index in [4.69, 9.17) is 22.8 Å². The third kappa shape index (κ3) is 2.28. The molecule has 0 atom stereocenters. The zero-order valence-corrected chi connectivity index (χ0v) is 12.0. The van der Waals surface area contributed by atoms with Gasteiger partial charge in [0, 0.05) is 14.1 Å². The summed E-state index contributed by atoms with van der Waals surface area (Å²) in [5, 5.41) is 7.00. The average Bonchev–Trinajstić information content (AvgIpc) is 2.53. The lowest BCUT2D eigenvalue weighted by molar-refractivity contribution is 0.0957. The standard InChI is InChI=1S/C9H14ClN3OS2/c1-9(2,16-15)7-5(10)6(8(14)11-3)12-13(7)4/h16H,1-4H3,(H,11,14). The highest BCUT2D eigenvalue weighted by atomic mass is 35.5. The Kier molecular flexibility index (Phi) is 4.09. The first-order valence-corrected chi connectivity index (χ1v) is 6.93. The predicted octanol–water partition coefficient (Wildman–Crippen LogP) is 0.945. The normalized spacial score (nSPS) is 11.6. The molecule has 16 heavy (non-hydrogen) atoms. The molecule has 1 N–H and O–H groups in total. The van der Waals surface area contributed by atoms with E-state index in [1.165, 1.54) is 0 Å². The molecule has 0 aliphatic heterocycles. The summed E-state index contributed by atoms with van der Waals surface area (Å²) >= 11 is 11.2. The summed E-state index contributed by atoms with van der Waals surface area (Å²) in [6, 6.07) is 0. The Labute approximate surface area is 108 Å². The third-order valence-corrected chi connectivity index (χ3v) is 4.63. The minimum atomic E-state index is -0.305. The topological polar surface area (TPSA) is 46.9 Å². The van der Waals surface area contributed by atoms with Crippen LogP contribution in [0.1, 0.15) is 30.0 Å². The summed E-state index contributed by atoms with van der Waals surface area (Å²) in [6.45, 7) is 3.94. The summed E-state index contributed by atoms with van der Waals surface area (Å²) in [5.41, 5.74) is 1.03. The molecule has 1 aromatic rings. The fraction of sp³-hybridized carbons (Fsp3) is 0.556. The van der Waals surface area contributed by atoms with E-state index in [2.05, 4.69) is 10.4 Å². The van der Waals surface area contributed by atoms with Gasteiger partial charge in [-0.3, -0.25) is 9.48 Å². The van der Waals surface area contributed by atoms with Crippen LogP contribution in [-0.2, 0) is 33.3 Å². The first-order valence-electron chi connectivity index (χ1n) is 4.64. The monoisotopic (exact) mass is 279 g/mol. The highest BCUT2D eigenvalue weighted by Crippen LogP contribution is 2.31. The Morgan fingerprint density at radius 3 is 2.62 bits per heavy atom. The van der Waals surface area contributed by atoms with Crippen molar-refractivity contribution in [1.29, 1.82) is 0 Å². The molecule has 1 heterocycles. The molecule has 0 fully saturated rings. The van der Waals surface area contributed by atoms with Gasteiger partial charge in [-0.25, -0.2) is 0 Å². The van der Waals surface area contributed by atoms with Gasteiger partial charge < -0.3 is 5.32 Å². The van der Waals surface area contributed by atoms with Crippen LogP contribution >= 0.6 is 11.6 Å². The fourth-order valence-corrected chi connectivity index (χ4v) is 2.62. The van der Waals surface area contributed by atoms with Crippen LogP contribution in [0, 0.1) is 0 Å². The molecule has 0 saturated carbocycles. The largest absolute Gasteiger partial charge is 0.354 e. The number of nitrogens with zero attached hydrogens (tertiary/aromatic N) is 2. The van der Waals surface area contributed by atoms with Crippen LogP contribution < -0.4 is 5.32 Å². The number of aromatic nitrogens is 2. The van der Waals surface area contributed by atoms with Crippen LogP contribution in [-0.4, -0.2) is 22.7 Å². The molecule has 90 valence electrons. The zero-order valence-electron chi connectivity index (χ0n) is 9.54. The Morgan fingerprint density at radius 1 is 1.62 bits per heavy atom. The van der Waals surface area contributed by atoms with Crippen LogP contribution in [0.5, 0.6) is 0 Å². The van der Waals surface area contributed by atoms with E-state index < -0.39 is 0 Å². The van der Waals surface area contributed by atoms with Crippen molar-refractivity contribution in [2.75, 3.05) is 7.05 Å². The number of carbonyl (C=O) groups excluding carboxylic acids is 1. The van der Waals surface area contributed by atoms with Gasteiger partial charge in [-0.2, -0.15) is 5.10 Å². The van der Waals surface area contributed by atoms with Crippen molar-refractivity contribution in [1.82, 2.24) is 15.1 Å². The first-order chi connectivity index (χ1) is 7.35. The van der Waals surface area contributed by atoms with E-state index in [0.29, 0.717) is 5.02 Å². The quantitative estimate of drug-likeness (QED) is 0.810. The number of carbonyl (C=O) groups is 1. The smallest absolute Gasteiger partial charge is 0.273 e. The second-order valence-electron chi connectivity index (χ2n) is 3.86. The number of amides is 1. The van der Waals surface area contributed by atoms with Crippen molar-refractivity contribution in [2.24, 2.45) is 7.05 Å². The number of hydrogen-bond donors (Lipinski definition) is 2. The van der Waals surface area contributed by atoms with Gasteiger partial charge in [0.15, 0.2) is 5.69 Å². The van der Waals surface area contributed by atoms with Gasteiger partial charge >= 0.3 is 0 Å². The average molecular weight is 280 g/mol. The molecule has 4 nitrogen and oxygen atoms in total. The van der Waals surface area contributed by atoms with Crippen molar-refractivity contribution >= 4 is 39.0 Å². The molecule has 0 radical (unpaired) electrons. The Morgan fingerprint density at radius 2 is 2.19 bits per heavy atom. The molecule has 0 saturated heterocycles. The summed E-state index contributed by atoms with van der Waals surface area (Å²) < 4.78 is 1.31. The van der Waals surface area contributed by atoms with Gasteiger partial charge in [-0.15, -0.1) is 10.3 Å². The molecule has 0 unspecified atom stereocenters. The molecule has 0 aromatic carbocycles. The third-order valence-electron chi connectivity index (χ3n) is 2.24. The van der Waals surface area contributed by atoms with Crippen molar-refractivity contribution in [3.8, 4) is 0 Å². The van der Waals surface area contributed by atoms with Crippen LogP contribution in [0.2, 0.25) is 5.02 Å². The summed E-state index contributed by atoms with van der Waals surface area (Å²) in [7, 11) is 4.06. The number of thiol groups is 1. The van der Waals surface area contributed by atoms with Crippen molar-refractivity contribution in [2.45, 2.75) is 18.6 Å². The number of rotatable bonds is 3. The second kappa shape index (κ2) is 4.81. The lowest BCUT2D eigenvalue weighted by Gasteiger charge is -2.19. The molecule has 0 spiro atoms. The van der Waals surface area contributed by atoms with E-state index >= 15 is 0 Å². The van der Waals surface area contributed by atoms with Gasteiger partial charge in [-0.05, 0) is 13.8 Å². The number of aryl methyl sites for hydroxylation is 1. The SMILES string of the molecule is CNC(=O)c1nn(C)c(C(C)(C)[SH]=S)c1Cl. The van der Waals surface area contributed by atoms with Crippen LogP contribution in [0.4, 0.5) is 0 Å². The molecule has 1 amide bonds. The molecule has 7 heteroatoms. The second-order valence-corrected chi connectivity index (χ2v) is 6.09. The van der Waals surface area contributed by atoms with Crippen LogP contribution in [0.25, 0.3) is 0 Å². The first kappa shape index (κ1) is 13.6. The van der Waals surface area contributed by atoms with Gasteiger partial charge in [0.2, 0.25) is 0 Å². The number of hydrogen-bond acceptors (Lipinski definition) is 3. The van der Waals surface area contributed by atoms with E-state index in [1.54, 1.807) is 18.8 Å². The number of halogens is 1. The summed E-state index contributed by atoms with van der Waals surface area (Å²) in [6.07, 6.45) is 0. The van der Waals surface area contributed by atoms with E-state index in [0.717, 1.165) is 16.0 Å². The molecule has 0 aliphatic carbocycles. The minimum absolute atomic E-state index is 0.244. The van der Waals surface area contributed by atoms with E-state index in [1.807, 2.05) is 13.8 Å². The van der Waals surface area contributed by atoms with E-state index in [9.17, 15) is 4.79 Å². The molecule has 1 aromatic heterocycles. The maximum atomic E-state index is 11.5.